The minimum atomic E-state index is -0.194. The number of aliphatic hydroxyl groups excluding tert-OH is 1. The van der Waals surface area contributed by atoms with Crippen LogP contribution < -0.4 is 5.32 Å². The third-order valence-corrected chi connectivity index (χ3v) is 3.60. The van der Waals surface area contributed by atoms with Crippen molar-refractivity contribution in [3.63, 3.8) is 0 Å². The van der Waals surface area contributed by atoms with Gasteiger partial charge in [0.25, 0.3) is 0 Å². The summed E-state index contributed by atoms with van der Waals surface area (Å²) in [7, 11) is 0. The Labute approximate surface area is 128 Å². The van der Waals surface area contributed by atoms with E-state index in [1.165, 1.54) is 12.1 Å². The van der Waals surface area contributed by atoms with Crippen molar-refractivity contribution < 1.29 is 9.50 Å². The Hall–Kier alpha value is -0.970. The zero-order valence-electron chi connectivity index (χ0n) is 13.3. The molecule has 1 aromatic carbocycles. The maximum Gasteiger partial charge on any atom is 0.123 e. The van der Waals surface area contributed by atoms with E-state index < -0.39 is 0 Å². The summed E-state index contributed by atoms with van der Waals surface area (Å²) < 4.78 is 13.1. The van der Waals surface area contributed by atoms with Crippen LogP contribution in [0.5, 0.6) is 0 Å². The van der Waals surface area contributed by atoms with Crippen molar-refractivity contribution in [2.24, 2.45) is 0 Å². The van der Waals surface area contributed by atoms with Crippen LogP contribution in [0.2, 0.25) is 0 Å². The Bertz CT molecular complexity index is 364. The zero-order valence-corrected chi connectivity index (χ0v) is 13.3. The van der Waals surface area contributed by atoms with Gasteiger partial charge in [0.15, 0.2) is 0 Å². The third-order valence-electron chi connectivity index (χ3n) is 3.60. The van der Waals surface area contributed by atoms with Gasteiger partial charge >= 0.3 is 0 Å². The van der Waals surface area contributed by atoms with Gasteiger partial charge in [0.2, 0.25) is 0 Å². The van der Waals surface area contributed by atoms with Gasteiger partial charge in [0.1, 0.15) is 5.82 Å². The molecule has 1 atom stereocenters. The van der Waals surface area contributed by atoms with E-state index in [1.54, 1.807) is 0 Å². The topological polar surface area (TPSA) is 35.5 Å². The molecule has 0 aliphatic heterocycles. The summed E-state index contributed by atoms with van der Waals surface area (Å²) in [6.45, 7) is 8.11. The molecule has 0 spiro atoms. The largest absolute Gasteiger partial charge is 0.395 e. The summed E-state index contributed by atoms with van der Waals surface area (Å²) >= 11 is 0. The molecule has 0 bridgehead atoms. The van der Waals surface area contributed by atoms with Crippen molar-refractivity contribution in [1.82, 2.24) is 10.2 Å². The van der Waals surface area contributed by atoms with E-state index in [-0.39, 0.29) is 18.5 Å². The molecule has 1 aromatic rings. The van der Waals surface area contributed by atoms with Crippen LogP contribution in [0, 0.1) is 5.82 Å². The van der Waals surface area contributed by atoms with Crippen LogP contribution in [0.25, 0.3) is 0 Å². The summed E-state index contributed by atoms with van der Waals surface area (Å²) in [4.78, 5) is 2.28. The number of nitrogens with zero attached hydrogens (tertiary/aromatic N) is 1. The quantitative estimate of drug-likeness (QED) is 0.659. The van der Waals surface area contributed by atoms with Gasteiger partial charge in [-0.25, -0.2) is 4.39 Å². The van der Waals surface area contributed by atoms with Crippen molar-refractivity contribution in [2.45, 2.75) is 39.2 Å². The Morgan fingerprint density at radius 1 is 1.10 bits per heavy atom. The Morgan fingerprint density at radius 3 is 2.38 bits per heavy atom. The molecule has 0 radical (unpaired) electrons. The number of rotatable bonds is 11. The molecule has 0 aliphatic carbocycles. The van der Waals surface area contributed by atoms with Gasteiger partial charge in [-0.2, -0.15) is 0 Å². The van der Waals surface area contributed by atoms with Crippen molar-refractivity contribution in [1.29, 1.82) is 0 Å². The van der Waals surface area contributed by atoms with E-state index >= 15 is 0 Å². The fraction of sp³-hybridized carbons (Fsp3) is 0.647. The molecule has 0 heterocycles. The highest BCUT2D eigenvalue weighted by molar-refractivity contribution is 5.20. The van der Waals surface area contributed by atoms with Crippen molar-refractivity contribution >= 4 is 0 Å². The number of nitrogens with one attached hydrogen (secondary N) is 1. The van der Waals surface area contributed by atoms with Crippen LogP contribution in [-0.4, -0.2) is 42.8 Å². The molecule has 0 aliphatic rings. The average molecular weight is 296 g/mol. The molecule has 1 unspecified atom stereocenters. The molecule has 120 valence electrons. The number of aliphatic hydroxyl groups is 1. The normalized spacial score (nSPS) is 12.8. The third kappa shape index (κ3) is 7.02. The molecule has 0 aromatic heterocycles. The van der Waals surface area contributed by atoms with Gasteiger partial charge in [-0.05, 0) is 50.0 Å². The van der Waals surface area contributed by atoms with E-state index in [0.29, 0.717) is 0 Å². The molecular weight excluding hydrogens is 267 g/mol. The second-order valence-corrected chi connectivity index (χ2v) is 5.41. The summed E-state index contributed by atoms with van der Waals surface area (Å²) in [6.07, 6.45) is 3.13. The fourth-order valence-electron chi connectivity index (χ4n) is 2.50. The monoisotopic (exact) mass is 296 g/mol. The molecule has 2 N–H and O–H groups in total. The van der Waals surface area contributed by atoms with Crippen molar-refractivity contribution in [2.75, 3.05) is 32.8 Å². The molecule has 0 fully saturated rings. The van der Waals surface area contributed by atoms with Gasteiger partial charge in [0, 0.05) is 19.1 Å². The zero-order chi connectivity index (χ0) is 15.5. The van der Waals surface area contributed by atoms with Crippen molar-refractivity contribution in [3.8, 4) is 0 Å². The highest BCUT2D eigenvalue weighted by Gasteiger charge is 2.13. The molecule has 4 heteroatoms. The van der Waals surface area contributed by atoms with E-state index in [1.807, 2.05) is 12.1 Å². The summed E-state index contributed by atoms with van der Waals surface area (Å²) in [5.74, 6) is -0.194. The standard InChI is InChI=1S/C17H29FN2O/c1-3-10-19-17(15-5-7-16(18)8-6-15)9-12-20(11-4-2)13-14-21/h5-8,17,19,21H,3-4,9-14H2,1-2H3. The number of hydrogen-bond acceptors (Lipinski definition) is 3. The molecule has 0 saturated heterocycles. The lowest BCUT2D eigenvalue weighted by Gasteiger charge is -2.25. The second-order valence-electron chi connectivity index (χ2n) is 5.41. The lowest BCUT2D eigenvalue weighted by molar-refractivity contribution is 0.189. The predicted molar refractivity (Wildman–Crippen MR) is 85.9 cm³/mol. The molecule has 0 amide bonds. The lowest BCUT2D eigenvalue weighted by Crippen LogP contribution is -2.32. The molecular formula is C17H29FN2O. The first kappa shape index (κ1) is 18.1. The van der Waals surface area contributed by atoms with Crippen LogP contribution in [0.15, 0.2) is 24.3 Å². The van der Waals surface area contributed by atoms with Gasteiger partial charge in [-0.3, -0.25) is 0 Å². The summed E-state index contributed by atoms with van der Waals surface area (Å²) in [6, 6.07) is 7.00. The smallest absolute Gasteiger partial charge is 0.123 e. The molecule has 1 rings (SSSR count). The second kappa shape index (κ2) is 10.7. The highest BCUT2D eigenvalue weighted by atomic mass is 19.1. The van der Waals surface area contributed by atoms with Crippen LogP contribution in [0.4, 0.5) is 4.39 Å². The summed E-state index contributed by atoms with van der Waals surface area (Å²) in [5.41, 5.74) is 1.13. The first-order chi connectivity index (χ1) is 10.2. The van der Waals surface area contributed by atoms with Crippen LogP contribution in [-0.2, 0) is 0 Å². The first-order valence-corrected chi connectivity index (χ1v) is 8.03. The molecule has 21 heavy (non-hydrogen) atoms. The average Bonchev–Trinajstić information content (AvgIpc) is 2.49. The first-order valence-electron chi connectivity index (χ1n) is 8.03. The minimum absolute atomic E-state index is 0.194. The van der Waals surface area contributed by atoms with E-state index in [4.69, 9.17) is 5.11 Å². The summed E-state index contributed by atoms with van der Waals surface area (Å²) in [5, 5.41) is 12.7. The van der Waals surface area contributed by atoms with Gasteiger partial charge in [-0.15, -0.1) is 0 Å². The Morgan fingerprint density at radius 2 is 1.81 bits per heavy atom. The number of benzene rings is 1. The molecule has 3 nitrogen and oxygen atoms in total. The van der Waals surface area contributed by atoms with E-state index in [2.05, 4.69) is 24.1 Å². The minimum Gasteiger partial charge on any atom is -0.395 e. The lowest BCUT2D eigenvalue weighted by atomic mass is 10.0. The highest BCUT2D eigenvalue weighted by Crippen LogP contribution is 2.18. The molecule has 0 saturated carbocycles. The number of hydrogen-bond donors (Lipinski definition) is 2. The SMILES string of the molecule is CCCNC(CCN(CCC)CCO)c1ccc(F)cc1. The van der Waals surface area contributed by atoms with Crippen LogP contribution >= 0.6 is 0 Å². The maximum atomic E-state index is 13.1. The van der Waals surface area contributed by atoms with Crippen molar-refractivity contribution in [3.05, 3.63) is 35.6 Å². The maximum absolute atomic E-state index is 13.1. The van der Waals surface area contributed by atoms with E-state index in [9.17, 15) is 4.39 Å². The van der Waals surface area contributed by atoms with Gasteiger partial charge in [-0.1, -0.05) is 26.0 Å². The Balaban J connectivity index is 2.62. The van der Waals surface area contributed by atoms with Crippen LogP contribution in [0.1, 0.15) is 44.7 Å². The van der Waals surface area contributed by atoms with E-state index in [0.717, 1.165) is 51.0 Å². The number of halogens is 1. The fourth-order valence-corrected chi connectivity index (χ4v) is 2.50. The van der Waals surface area contributed by atoms with Gasteiger partial charge in [0.05, 0.1) is 6.61 Å². The predicted octanol–water partition coefficient (Wildman–Crippen LogP) is 2.96. The van der Waals surface area contributed by atoms with Gasteiger partial charge < -0.3 is 15.3 Å². The van der Waals surface area contributed by atoms with Crippen LogP contribution in [0.3, 0.4) is 0 Å². The Kier molecular flexibility index (Phi) is 9.22.